The van der Waals surface area contributed by atoms with Crippen LogP contribution in [0.3, 0.4) is 0 Å². The predicted molar refractivity (Wildman–Crippen MR) is 123 cm³/mol. The number of nitrogens with zero attached hydrogens (tertiary/aromatic N) is 5. The molecule has 1 aromatic carbocycles. The van der Waals surface area contributed by atoms with Crippen LogP contribution in [0.4, 0.5) is 4.39 Å². The SMILES string of the molecule is NC(=O)c1cnn2c([C@H]3CCCCN3C(=O)c3ccnc(Cc4ccccc4F)c3)ccnc12. The minimum absolute atomic E-state index is 0.130. The molecule has 1 aliphatic heterocycles. The van der Waals surface area contributed by atoms with Crippen molar-refractivity contribution < 1.29 is 14.0 Å². The summed E-state index contributed by atoms with van der Waals surface area (Å²) in [5.41, 5.74) is 8.48. The molecule has 8 nitrogen and oxygen atoms in total. The van der Waals surface area contributed by atoms with Crippen molar-refractivity contribution >= 4 is 17.5 Å². The number of rotatable bonds is 5. The topological polar surface area (TPSA) is 106 Å². The van der Waals surface area contributed by atoms with E-state index in [-0.39, 0.29) is 23.3 Å². The summed E-state index contributed by atoms with van der Waals surface area (Å²) in [6, 6.07) is 11.5. The number of hydrogen-bond donors (Lipinski definition) is 1. The quantitative estimate of drug-likeness (QED) is 0.494. The standard InChI is InChI=1S/C25H23FN6O2/c26-20-6-2-1-5-16(20)13-18-14-17(8-10-28-18)25(34)31-12-4-3-7-21(31)22-9-11-29-24-19(23(27)33)15-30-32(22)24/h1-2,5-6,8-11,14-15,21H,3-4,7,12-13H2,(H2,27,33)/t21-/m1/s1. The smallest absolute Gasteiger partial charge is 0.254 e. The van der Waals surface area contributed by atoms with Crippen molar-refractivity contribution in [3.05, 3.63) is 95.0 Å². The summed E-state index contributed by atoms with van der Waals surface area (Å²) in [4.78, 5) is 35.8. The average molecular weight is 458 g/mol. The van der Waals surface area contributed by atoms with Gasteiger partial charge in [-0.25, -0.2) is 13.9 Å². The molecule has 0 spiro atoms. The van der Waals surface area contributed by atoms with Gasteiger partial charge in [0.25, 0.3) is 11.8 Å². The van der Waals surface area contributed by atoms with E-state index < -0.39 is 5.91 Å². The molecule has 1 aliphatic rings. The van der Waals surface area contributed by atoms with Crippen LogP contribution >= 0.6 is 0 Å². The summed E-state index contributed by atoms with van der Waals surface area (Å²) in [5.74, 6) is -1.03. The first-order valence-electron chi connectivity index (χ1n) is 11.1. The van der Waals surface area contributed by atoms with Gasteiger partial charge in [0.15, 0.2) is 5.65 Å². The highest BCUT2D eigenvalue weighted by molar-refractivity contribution is 5.98. The van der Waals surface area contributed by atoms with Crippen molar-refractivity contribution in [2.24, 2.45) is 5.73 Å². The fourth-order valence-corrected chi connectivity index (χ4v) is 4.53. The molecule has 5 rings (SSSR count). The Bertz CT molecular complexity index is 1380. The number of piperidine rings is 1. The van der Waals surface area contributed by atoms with Gasteiger partial charge in [-0.3, -0.25) is 14.6 Å². The van der Waals surface area contributed by atoms with E-state index in [9.17, 15) is 14.0 Å². The maximum absolute atomic E-state index is 14.1. The monoisotopic (exact) mass is 458 g/mol. The van der Waals surface area contributed by atoms with Gasteiger partial charge in [-0.05, 0) is 49.1 Å². The molecule has 1 fully saturated rings. The molecule has 0 saturated carbocycles. The second-order valence-corrected chi connectivity index (χ2v) is 8.34. The fourth-order valence-electron chi connectivity index (χ4n) is 4.53. The first-order valence-corrected chi connectivity index (χ1v) is 11.1. The number of pyridine rings is 1. The average Bonchev–Trinajstić information content (AvgIpc) is 3.30. The molecular formula is C25H23FN6O2. The molecule has 3 aromatic heterocycles. The Morgan fingerprint density at radius 1 is 1.09 bits per heavy atom. The van der Waals surface area contributed by atoms with Crippen molar-refractivity contribution in [3.8, 4) is 0 Å². The Hall–Kier alpha value is -4.14. The lowest BCUT2D eigenvalue weighted by atomic mass is 9.97. The lowest BCUT2D eigenvalue weighted by Crippen LogP contribution is -2.39. The van der Waals surface area contributed by atoms with Crippen LogP contribution in [0.5, 0.6) is 0 Å². The zero-order valence-corrected chi connectivity index (χ0v) is 18.4. The molecule has 2 N–H and O–H groups in total. The third-order valence-corrected chi connectivity index (χ3v) is 6.19. The van der Waals surface area contributed by atoms with Crippen molar-refractivity contribution in [1.29, 1.82) is 0 Å². The van der Waals surface area contributed by atoms with Gasteiger partial charge in [0, 0.05) is 36.6 Å². The van der Waals surface area contributed by atoms with E-state index in [0.29, 0.717) is 35.4 Å². The summed E-state index contributed by atoms with van der Waals surface area (Å²) in [6.45, 7) is 0.586. The highest BCUT2D eigenvalue weighted by Gasteiger charge is 2.31. The molecule has 4 heterocycles. The molecular weight excluding hydrogens is 435 g/mol. The number of carbonyl (C=O) groups excluding carboxylic acids is 2. The van der Waals surface area contributed by atoms with E-state index in [1.54, 1.807) is 47.2 Å². The molecule has 4 aromatic rings. The van der Waals surface area contributed by atoms with Gasteiger partial charge in [0.1, 0.15) is 11.4 Å². The molecule has 9 heteroatoms. The Kier molecular flexibility index (Phi) is 5.75. The van der Waals surface area contributed by atoms with Crippen LogP contribution < -0.4 is 5.73 Å². The van der Waals surface area contributed by atoms with Crippen LogP contribution in [0, 0.1) is 5.82 Å². The van der Waals surface area contributed by atoms with Crippen LogP contribution in [0.15, 0.2) is 61.1 Å². The van der Waals surface area contributed by atoms with E-state index >= 15 is 0 Å². The number of primary amides is 1. The maximum atomic E-state index is 14.1. The summed E-state index contributed by atoms with van der Waals surface area (Å²) >= 11 is 0. The molecule has 172 valence electrons. The van der Waals surface area contributed by atoms with Crippen LogP contribution in [0.2, 0.25) is 0 Å². The third kappa shape index (κ3) is 4.00. The molecule has 1 atom stereocenters. The summed E-state index contributed by atoms with van der Waals surface area (Å²) in [6.07, 6.45) is 7.48. The van der Waals surface area contributed by atoms with Gasteiger partial charge >= 0.3 is 0 Å². The predicted octanol–water partition coefficient (Wildman–Crippen LogP) is 3.32. The molecule has 2 amide bonds. The van der Waals surface area contributed by atoms with E-state index in [2.05, 4.69) is 15.1 Å². The number of likely N-dealkylation sites (tertiary alicyclic amines) is 1. The van der Waals surface area contributed by atoms with Crippen LogP contribution in [0.25, 0.3) is 5.65 Å². The lowest BCUT2D eigenvalue weighted by Gasteiger charge is -2.36. The fraction of sp³-hybridized carbons (Fsp3) is 0.240. The van der Waals surface area contributed by atoms with Crippen LogP contribution in [0.1, 0.15) is 63.0 Å². The third-order valence-electron chi connectivity index (χ3n) is 6.19. The van der Waals surface area contributed by atoms with Crippen LogP contribution in [-0.4, -0.2) is 42.8 Å². The minimum atomic E-state index is -0.601. The van der Waals surface area contributed by atoms with Crippen molar-refractivity contribution in [3.63, 3.8) is 0 Å². The minimum Gasteiger partial charge on any atom is -0.365 e. The summed E-state index contributed by atoms with van der Waals surface area (Å²) < 4.78 is 15.7. The van der Waals surface area contributed by atoms with Gasteiger partial charge in [0.05, 0.1) is 17.9 Å². The van der Waals surface area contributed by atoms with E-state index in [1.807, 2.05) is 11.0 Å². The van der Waals surface area contributed by atoms with Crippen LogP contribution in [-0.2, 0) is 6.42 Å². The highest BCUT2D eigenvalue weighted by Crippen LogP contribution is 2.32. The van der Waals surface area contributed by atoms with Crippen molar-refractivity contribution in [2.75, 3.05) is 6.54 Å². The van der Waals surface area contributed by atoms with Gasteiger partial charge in [-0.15, -0.1) is 0 Å². The van der Waals surface area contributed by atoms with Gasteiger partial charge in [0.2, 0.25) is 0 Å². The molecule has 0 bridgehead atoms. The van der Waals surface area contributed by atoms with E-state index in [4.69, 9.17) is 5.73 Å². The first-order chi connectivity index (χ1) is 16.5. The summed E-state index contributed by atoms with van der Waals surface area (Å²) in [5, 5.41) is 4.32. The van der Waals surface area contributed by atoms with Gasteiger partial charge in [-0.1, -0.05) is 18.2 Å². The number of benzene rings is 1. The van der Waals surface area contributed by atoms with Gasteiger partial charge < -0.3 is 10.6 Å². The molecule has 0 radical (unpaired) electrons. The Labute approximate surface area is 195 Å². The molecule has 1 saturated heterocycles. The number of amides is 2. The number of hydrogen-bond acceptors (Lipinski definition) is 5. The van der Waals surface area contributed by atoms with E-state index in [1.165, 1.54) is 12.3 Å². The second kappa shape index (κ2) is 9.01. The maximum Gasteiger partial charge on any atom is 0.254 e. The molecule has 0 unspecified atom stereocenters. The number of nitrogens with two attached hydrogens (primary N) is 1. The van der Waals surface area contributed by atoms with Crippen molar-refractivity contribution in [1.82, 2.24) is 24.5 Å². The number of aromatic nitrogens is 4. The van der Waals surface area contributed by atoms with E-state index in [0.717, 1.165) is 25.0 Å². The highest BCUT2D eigenvalue weighted by atomic mass is 19.1. The normalized spacial score (nSPS) is 16.0. The van der Waals surface area contributed by atoms with Gasteiger partial charge in [-0.2, -0.15) is 5.10 Å². The zero-order valence-electron chi connectivity index (χ0n) is 18.4. The molecule has 34 heavy (non-hydrogen) atoms. The van der Waals surface area contributed by atoms with Crippen molar-refractivity contribution in [2.45, 2.75) is 31.7 Å². The Balaban J connectivity index is 1.46. The number of fused-ring (bicyclic) bond motifs is 1. The summed E-state index contributed by atoms with van der Waals surface area (Å²) in [7, 11) is 0. The second-order valence-electron chi connectivity index (χ2n) is 8.34. The molecule has 0 aliphatic carbocycles. The Morgan fingerprint density at radius 2 is 1.91 bits per heavy atom. The largest absolute Gasteiger partial charge is 0.365 e. The lowest BCUT2D eigenvalue weighted by molar-refractivity contribution is 0.0602. The number of carbonyl (C=O) groups is 2. The number of halogens is 1. The first kappa shape index (κ1) is 21.7. The Morgan fingerprint density at radius 3 is 2.74 bits per heavy atom. The zero-order chi connectivity index (χ0) is 23.7.